The summed E-state index contributed by atoms with van der Waals surface area (Å²) in [6.07, 6.45) is 0.874. The Morgan fingerprint density at radius 3 is 2.42 bits per heavy atom. The fraction of sp³-hybridized carbons (Fsp3) is 0.471. The zero-order valence-corrected chi connectivity index (χ0v) is 14.3. The van der Waals surface area contributed by atoms with Gasteiger partial charge in [0.25, 0.3) is 5.91 Å². The van der Waals surface area contributed by atoms with E-state index < -0.39 is 24.5 Å². The molecule has 24 heavy (non-hydrogen) atoms. The molecule has 0 aliphatic rings. The number of carbonyl (C=O) groups excluding carboxylic acids is 3. The number of nitrogens with one attached hydrogen (secondary N) is 2. The second kappa shape index (κ2) is 10.3. The van der Waals surface area contributed by atoms with Crippen LogP contribution in [0, 0.1) is 0 Å². The van der Waals surface area contributed by atoms with Crippen LogP contribution < -0.4 is 15.4 Å². The highest BCUT2D eigenvalue weighted by Gasteiger charge is 2.16. The van der Waals surface area contributed by atoms with Gasteiger partial charge in [0.2, 0.25) is 5.91 Å². The van der Waals surface area contributed by atoms with Gasteiger partial charge in [-0.3, -0.25) is 14.4 Å². The Hall–Kier alpha value is -2.57. The first kappa shape index (κ1) is 19.5. The number of benzene rings is 1. The summed E-state index contributed by atoms with van der Waals surface area (Å²) in [5, 5.41) is 5.15. The fourth-order valence-corrected chi connectivity index (χ4v) is 1.86. The van der Waals surface area contributed by atoms with Gasteiger partial charge >= 0.3 is 5.97 Å². The Kier molecular flexibility index (Phi) is 8.32. The van der Waals surface area contributed by atoms with Crippen LogP contribution in [0.3, 0.4) is 0 Å². The second-order valence-electron chi connectivity index (χ2n) is 5.27. The molecular weight excluding hydrogens is 312 g/mol. The summed E-state index contributed by atoms with van der Waals surface area (Å²) in [6, 6.07) is 6.31. The van der Waals surface area contributed by atoms with Crippen LogP contribution in [-0.2, 0) is 25.5 Å². The Morgan fingerprint density at radius 1 is 1.17 bits per heavy atom. The molecule has 1 aromatic carbocycles. The molecule has 132 valence electrons. The Morgan fingerprint density at radius 2 is 1.83 bits per heavy atom. The molecule has 0 aliphatic carbocycles. The van der Waals surface area contributed by atoms with E-state index in [0.29, 0.717) is 12.3 Å². The van der Waals surface area contributed by atoms with Crippen molar-refractivity contribution in [3.05, 3.63) is 29.8 Å². The molecule has 2 amide bonds. The van der Waals surface area contributed by atoms with E-state index in [2.05, 4.69) is 10.6 Å². The van der Waals surface area contributed by atoms with Gasteiger partial charge in [-0.2, -0.15) is 0 Å². The number of hydrogen-bond acceptors (Lipinski definition) is 5. The van der Waals surface area contributed by atoms with Crippen LogP contribution in [-0.4, -0.2) is 44.1 Å². The molecule has 0 bridgehead atoms. The van der Waals surface area contributed by atoms with E-state index >= 15 is 0 Å². The maximum absolute atomic E-state index is 11.7. The SMILES string of the molecule is CCCNC(=O)[C@H](C)NC(=O)COC(=O)Cc1ccc(OC)cc1. The standard InChI is InChI=1S/C17H24N2O5/c1-4-9-18-17(22)12(2)19-15(20)11-24-16(21)10-13-5-7-14(23-3)8-6-13/h5-8,12H,4,9-11H2,1-3H3,(H,18,22)(H,19,20)/t12-/m0/s1. The molecule has 7 nitrogen and oxygen atoms in total. The lowest BCUT2D eigenvalue weighted by Crippen LogP contribution is -2.46. The monoisotopic (exact) mass is 336 g/mol. The molecule has 1 aromatic rings. The van der Waals surface area contributed by atoms with E-state index in [1.165, 1.54) is 0 Å². The molecule has 2 N–H and O–H groups in total. The lowest BCUT2D eigenvalue weighted by atomic mass is 10.1. The summed E-state index contributed by atoms with van der Waals surface area (Å²) in [4.78, 5) is 35.0. The van der Waals surface area contributed by atoms with Crippen molar-refractivity contribution in [3.63, 3.8) is 0 Å². The van der Waals surface area contributed by atoms with Crippen molar-refractivity contribution in [2.75, 3.05) is 20.3 Å². The smallest absolute Gasteiger partial charge is 0.310 e. The number of hydrogen-bond donors (Lipinski definition) is 2. The topological polar surface area (TPSA) is 93.7 Å². The van der Waals surface area contributed by atoms with Gasteiger partial charge < -0.3 is 20.1 Å². The quantitative estimate of drug-likeness (QED) is 0.651. The molecule has 0 radical (unpaired) electrons. The number of rotatable bonds is 9. The minimum Gasteiger partial charge on any atom is -0.497 e. The molecule has 0 fully saturated rings. The molecule has 0 saturated carbocycles. The highest BCUT2D eigenvalue weighted by molar-refractivity contribution is 5.88. The third-order valence-corrected chi connectivity index (χ3v) is 3.19. The van der Waals surface area contributed by atoms with Gasteiger partial charge in [-0.15, -0.1) is 0 Å². The van der Waals surface area contributed by atoms with Crippen LogP contribution in [0.5, 0.6) is 5.75 Å². The highest BCUT2D eigenvalue weighted by atomic mass is 16.5. The highest BCUT2D eigenvalue weighted by Crippen LogP contribution is 2.11. The van der Waals surface area contributed by atoms with Crippen LogP contribution in [0.4, 0.5) is 0 Å². The van der Waals surface area contributed by atoms with Gasteiger partial charge in [-0.05, 0) is 31.0 Å². The predicted octanol–water partition coefficient (Wildman–Crippen LogP) is 0.812. The maximum Gasteiger partial charge on any atom is 0.310 e. The summed E-state index contributed by atoms with van der Waals surface area (Å²) < 4.78 is 9.94. The molecule has 0 saturated heterocycles. The summed E-state index contributed by atoms with van der Waals surface area (Å²) in [6.45, 7) is 3.64. The summed E-state index contributed by atoms with van der Waals surface area (Å²) in [5.41, 5.74) is 0.758. The third kappa shape index (κ3) is 7.13. The van der Waals surface area contributed by atoms with Gasteiger partial charge in [0, 0.05) is 6.54 Å². The lowest BCUT2D eigenvalue weighted by molar-refractivity contribution is -0.148. The predicted molar refractivity (Wildman–Crippen MR) is 88.6 cm³/mol. The van der Waals surface area contributed by atoms with Gasteiger partial charge in [0.05, 0.1) is 13.5 Å². The van der Waals surface area contributed by atoms with Gasteiger partial charge in [-0.1, -0.05) is 19.1 Å². The third-order valence-electron chi connectivity index (χ3n) is 3.19. The molecule has 0 spiro atoms. The Bertz CT molecular complexity index is 557. The van der Waals surface area contributed by atoms with Crippen molar-refractivity contribution in [1.29, 1.82) is 0 Å². The number of methoxy groups -OCH3 is 1. The zero-order chi connectivity index (χ0) is 17.9. The van der Waals surface area contributed by atoms with Gasteiger partial charge in [0.15, 0.2) is 6.61 Å². The molecular formula is C17H24N2O5. The minimum absolute atomic E-state index is 0.0593. The Labute approximate surface area is 141 Å². The number of ether oxygens (including phenoxy) is 2. The lowest BCUT2D eigenvalue weighted by Gasteiger charge is -2.13. The molecule has 0 heterocycles. The van der Waals surface area contributed by atoms with Crippen molar-refractivity contribution in [3.8, 4) is 5.75 Å². The fourth-order valence-electron chi connectivity index (χ4n) is 1.86. The Balaban J connectivity index is 2.32. The normalized spacial score (nSPS) is 11.3. The number of amides is 2. The zero-order valence-electron chi connectivity index (χ0n) is 14.3. The van der Waals surface area contributed by atoms with E-state index in [1.54, 1.807) is 38.3 Å². The van der Waals surface area contributed by atoms with Crippen LogP contribution >= 0.6 is 0 Å². The van der Waals surface area contributed by atoms with E-state index in [1.807, 2.05) is 6.92 Å². The number of esters is 1. The summed E-state index contributed by atoms with van der Waals surface area (Å²) >= 11 is 0. The maximum atomic E-state index is 11.7. The van der Waals surface area contributed by atoms with E-state index in [-0.39, 0.29) is 12.3 Å². The molecule has 1 atom stereocenters. The van der Waals surface area contributed by atoms with E-state index in [4.69, 9.17) is 9.47 Å². The van der Waals surface area contributed by atoms with Crippen molar-refractivity contribution in [2.24, 2.45) is 0 Å². The van der Waals surface area contributed by atoms with Crippen LogP contribution in [0.15, 0.2) is 24.3 Å². The first-order valence-corrected chi connectivity index (χ1v) is 7.81. The minimum atomic E-state index is -0.677. The molecule has 1 rings (SSSR count). The molecule has 0 unspecified atom stereocenters. The first-order valence-electron chi connectivity index (χ1n) is 7.81. The van der Waals surface area contributed by atoms with Crippen molar-refractivity contribution >= 4 is 17.8 Å². The van der Waals surface area contributed by atoms with Crippen LogP contribution in [0.2, 0.25) is 0 Å². The van der Waals surface area contributed by atoms with Gasteiger partial charge in [0.1, 0.15) is 11.8 Å². The van der Waals surface area contributed by atoms with Crippen molar-refractivity contribution in [2.45, 2.75) is 32.7 Å². The second-order valence-corrected chi connectivity index (χ2v) is 5.27. The first-order chi connectivity index (χ1) is 11.5. The largest absolute Gasteiger partial charge is 0.497 e. The van der Waals surface area contributed by atoms with Gasteiger partial charge in [-0.25, -0.2) is 0 Å². The number of carbonyl (C=O) groups is 3. The summed E-state index contributed by atoms with van der Waals surface area (Å²) in [7, 11) is 1.56. The van der Waals surface area contributed by atoms with Crippen LogP contribution in [0.25, 0.3) is 0 Å². The average Bonchev–Trinajstić information content (AvgIpc) is 2.58. The molecule has 0 aliphatic heterocycles. The van der Waals surface area contributed by atoms with E-state index in [9.17, 15) is 14.4 Å². The van der Waals surface area contributed by atoms with Crippen molar-refractivity contribution in [1.82, 2.24) is 10.6 Å². The van der Waals surface area contributed by atoms with Crippen molar-refractivity contribution < 1.29 is 23.9 Å². The molecule has 7 heteroatoms. The van der Waals surface area contributed by atoms with Crippen LogP contribution in [0.1, 0.15) is 25.8 Å². The van der Waals surface area contributed by atoms with E-state index in [0.717, 1.165) is 12.0 Å². The molecule has 0 aromatic heterocycles. The average molecular weight is 336 g/mol. The summed E-state index contributed by atoms with van der Waals surface area (Å²) in [5.74, 6) is -0.604.